The number of benzene rings is 1. The number of carbonyl (C=O) groups is 1. The molecule has 1 heterocycles. The van der Waals surface area contributed by atoms with Gasteiger partial charge in [-0.05, 0) is 12.5 Å². The number of para-hydroxylation sites is 1. The topological polar surface area (TPSA) is 47.6 Å². The highest BCUT2D eigenvalue weighted by atomic mass is 19.4. The van der Waals surface area contributed by atoms with Crippen LogP contribution in [-0.2, 0) is 9.63 Å². The number of amides is 1. The van der Waals surface area contributed by atoms with E-state index in [1.54, 1.807) is 24.3 Å². The van der Waals surface area contributed by atoms with Gasteiger partial charge >= 0.3 is 6.18 Å². The third-order valence-electron chi connectivity index (χ3n) is 2.68. The summed E-state index contributed by atoms with van der Waals surface area (Å²) >= 11 is 0. The van der Waals surface area contributed by atoms with Gasteiger partial charge in [-0.2, -0.15) is 13.2 Å². The van der Waals surface area contributed by atoms with Gasteiger partial charge < -0.3 is 4.74 Å². The number of fused-ring (bicyclic) bond motifs is 1. The van der Waals surface area contributed by atoms with Gasteiger partial charge in [-0.25, -0.2) is 5.48 Å². The Morgan fingerprint density at radius 2 is 2.16 bits per heavy atom. The van der Waals surface area contributed by atoms with Crippen molar-refractivity contribution in [3.8, 4) is 5.75 Å². The van der Waals surface area contributed by atoms with Crippen molar-refractivity contribution in [1.82, 2.24) is 5.48 Å². The van der Waals surface area contributed by atoms with Crippen LogP contribution in [0.15, 0.2) is 24.3 Å². The highest BCUT2D eigenvalue weighted by Gasteiger charge is 2.31. The van der Waals surface area contributed by atoms with Crippen LogP contribution in [0.2, 0.25) is 0 Å². The molecule has 1 aromatic rings. The predicted octanol–water partition coefficient (Wildman–Crippen LogP) is 2.16. The van der Waals surface area contributed by atoms with Gasteiger partial charge in [-0.1, -0.05) is 18.2 Å². The maximum absolute atomic E-state index is 11.9. The molecule has 19 heavy (non-hydrogen) atoms. The lowest BCUT2D eigenvalue weighted by molar-refractivity contribution is -0.192. The first-order valence-corrected chi connectivity index (χ1v) is 5.67. The van der Waals surface area contributed by atoms with Gasteiger partial charge in [0.1, 0.15) is 5.75 Å². The number of hydrogen-bond donors (Lipinski definition) is 1. The summed E-state index contributed by atoms with van der Waals surface area (Å²) in [5.41, 5.74) is 2.49. The highest BCUT2D eigenvalue weighted by molar-refractivity contribution is 5.83. The molecule has 0 bridgehead atoms. The Hall–Kier alpha value is -1.76. The minimum Gasteiger partial charge on any atom is -0.493 e. The minimum absolute atomic E-state index is 0.342. The van der Waals surface area contributed by atoms with Crippen molar-refractivity contribution in [2.75, 3.05) is 13.2 Å². The zero-order chi connectivity index (χ0) is 13.9. The Morgan fingerprint density at radius 1 is 1.42 bits per heavy atom. The van der Waals surface area contributed by atoms with Gasteiger partial charge in [-0.15, -0.1) is 0 Å². The van der Waals surface area contributed by atoms with Crippen LogP contribution in [0.1, 0.15) is 17.9 Å². The number of nitrogens with one attached hydrogen (secondary N) is 1. The molecule has 0 saturated heterocycles. The van der Waals surface area contributed by atoms with E-state index < -0.39 is 24.6 Å². The van der Waals surface area contributed by atoms with E-state index in [9.17, 15) is 18.0 Å². The monoisotopic (exact) mass is 275 g/mol. The Bertz CT molecular complexity index is 462. The zero-order valence-corrected chi connectivity index (χ0v) is 9.87. The number of carbonyl (C=O) groups excluding carboxylic acids is 1. The fourth-order valence-corrected chi connectivity index (χ4v) is 1.87. The van der Waals surface area contributed by atoms with E-state index in [0.717, 1.165) is 0 Å². The van der Waals surface area contributed by atoms with Crippen molar-refractivity contribution < 1.29 is 27.5 Å². The normalized spacial score (nSPS) is 18.4. The van der Waals surface area contributed by atoms with Crippen molar-refractivity contribution in [1.29, 1.82) is 0 Å². The number of alkyl halides is 3. The summed E-state index contributed by atoms with van der Waals surface area (Å²) in [6.07, 6.45) is -4.07. The van der Waals surface area contributed by atoms with Gasteiger partial charge in [0.15, 0.2) is 6.61 Å². The average Bonchev–Trinajstić information content (AvgIpc) is 2.36. The smallest absolute Gasteiger partial charge is 0.414 e. The minimum atomic E-state index is -4.47. The highest BCUT2D eigenvalue weighted by Crippen LogP contribution is 2.33. The molecule has 1 aromatic carbocycles. The van der Waals surface area contributed by atoms with Crippen molar-refractivity contribution >= 4 is 5.91 Å². The first-order chi connectivity index (χ1) is 8.97. The molecule has 1 amide bonds. The molecule has 0 saturated carbocycles. The Morgan fingerprint density at radius 3 is 2.89 bits per heavy atom. The lowest BCUT2D eigenvalue weighted by atomic mass is 9.93. The molecule has 1 unspecified atom stereocenters. The Kier molecular flexibility index (Phi) is 3.94. The van der Waals surface area contributed by atoms with E-state index in [1.807, 2.05) is 5.48 Å². The standard InChI is InChI=1S/C12H12F3NO3/c13-12(14,15)7-19-16-11(17)9-5-6-18-10-4-2-1-3-8(9)10/h1-4,9H,5-7H2,(H,16,17). The zero-order valence-electron chi connectivity index (χ0n) is 9.87. The predicted molar refractivity (Wildman–Crippen MR) is 59.4 cm³/mol. The van der Waals surface area contributed by atoms with E-state index in [-0.39, 0.29) is 0 Å². The lowest BCUT2D eigenvalue weighted by Gasteiger charge is -2.24. The van der Waals surface area contributed by atoms with Crippen molar-refractivity contribution in [2.45, 2.75) is 18.5 Å². The maximum atomic E-state index is 11.9. The number of ether oxygens (including phenoxy) is 1. The molecule has 7 heteroatoms. The summed E-state index contributed by atoms with van der Waals surface area (Å²) in [6.45, 7) is -1.17. The Balaban J connectivity index is 1.97. The molecule has 1 atom stereocenters. The second-order valence-electron chi connectivity index (χ2n) is 4.10. The lowest BCUT2D eigenvalue weighted by Crippen LogP contribution is -2.35. The molecule has 104 valence electrons. The third kappa shape index (κ3) is 3.60. The first kappa shape index (κ1) is 13.7. The van der Waals surface area contributed by atoms with Crippen molar-refractivity contribution in [3.63, 3.8) is 0 Å². The molecule has 1 aliphatic rings. The number of hydrogen-bond acceptors (Lipinski definition) is 3. The van der Waals surface area contributed by atoms with E-state index in [2.05, 4.69) is 4.84 Å². The van der Waals surface area contributed by atoms with Gasteiger partial charge in [0.25, 0.3) is 5.91 Å². The Labute approximate surface area is 107 Å². The quantitative estimate of drug-likeness (QED) is 0.860. The molecular weight excluding hydrogens is 263 g/mol. The summed E-state index contributed by atoms with van der Waals surface area (Å²) in [6, 6.07) is 6.93. The van der Waals surface area contributed by atoms with Crippen LogP contribution in [0.4, 0.5) is 13.2 Å². The fraction of sp³-hybridized carbons (Fsp3) is 0.417. The van der Waals surface area contributed by atoms with E-state index in [0.29, 0.717) is 24.3 Å². The van der Waals surface area contributed by atoms with Crippen LogP contribution >= 0.6 is 0 Å². The van der Waals surface area contributed by atoms with E-state index >= 15 is 0 Å². The molecule has 4 nitrogen and oxygen atoms in total. The van der Waals surface area contributed by atoms with Crippen LogP contribution < -0.4 is 10.2 Å². The SMILES string of the molecule is O=C(NOCC(F)(F)F)C1CCOc2ccccc21. The summed E-state index contributed by atoms with van der Waals surface area (Å²) in [7, 11) is 0. The number of rotatable bonds is 3. The van der Waals surface area contributed by atoms with Crippen molar-refractivity contribution in [3.05, 3.63) is 29.8 Å². The first-order valence-electron chi connectivity index (χ1n) is 5.67. The number of hydroxylamine groups is 1. The van der Waals surface area contributed by atoms with Crippen LogP contribution in [0.25, 0.3) is 0 Å². The molecular formula is C12H12F3NO3. The molecule has 0 spiro atoms. The third-order valence-corrected chi connectivity index (χ3v) is 2.68. The van der Waals surface area contributed by atoms with Crippen LogP contribution in [0.3, 0.4) is 0 Å². The summed E-state index contributed by atoms with van der Waals surface area (Å²) < 4.78 is 41.0. The molecule has 0 fully saturated rings. The van der Waals surface area contributed by atoms with Gasteiger partial charge in [0.2, 0.25) is 0 Å². The number of halogens is 3. The second kappa shape index (κ2) is 5.48. The molecule has 1 N–H and O–H groups in total. The molecule has 1 aliphatic heterocycles. The largest absolute Gasteiger partial charge is 0.493 e. The maximum Gasteiger partial charge on any atom is 0.414 e. The van der Waals surface area contributed by atoms with Crippen LogP contribution in [0.5, 0.6) is 5.75 Å². The van der Waals surface area contributed by atoms with Gasteiger partial charge in [0, 0.05) is 5.56 Å². The van der Waals surface area contributed by atoms with Crippen LogP contribution in [0, 0.1) is 0 Å². The molecule has 0 radical (unpaired) electrons. The summed E-state index contributed by atoms with van der Waals surface area (Å²) in [5, 5.41) is 0. The van der Waals surface area contributed by atoms with Crippen molar-refractivity contribution in [2.24, 2.45) is 0 Å². The molecule has 0 aromatic heterocycles. The van der Waals surface area contributed by atoms with E-state index in [4.69, 9.17) is 4.74 Å². The second-order valence-corrected chi connectivity index (χ2v) is 4.10. The average molecular weight is 275 g/mol. The fourth-order valence-electron chi connectivity index (χ4n) is 1.87. The van der Waals surface area contributed by atoms with Crippen LogP contribution in [-0.4, -0.2) is 25.3 Å². The summed E-state index contributed by atoms with van der Waals surface area (Å²) in [4.78, 5) is 16.0. The molecule has 2 rings (SSSR count). The molecule has 0 aliphatic carbocycles. The van der Waals surface area contributed by atoms with Gasteiger partial charge in [0.05, 0.1) is 12.5 Å². The van der Waals surface area contributed by atoms with Gasteiger partial charge in [-0.3, -0.25) is 9.63 Å². The van der Waals surface area contributed by atoms with E-state index in [1.165, 1.54) is 0 Å². The summed E-state index contributed by atoms with van der Waals surface area (Å²) in [5.74, 6) is -0.581.